The van der Waals surface area contributed by atoms with Crippen molar-refractivity contribution in [1.82, 2.24) is 5.32 Å². The summed E-state index contributed by atoms with van der Waals surface area (Å²) in [4.78, 5) is 11.3. The van der Waals surface area contributed by atoms with Crippen molar-refractivity contribution in [2.75, 3.05) is 6.54 Å². The van der Waals surface area contributed by atoms with E-state index in [1.807, 2.05) is 25.1 Å². The predicted octanol–water partition coefficient (Wildman–Crippen LogP) is 3.83. The Hall–Kier alpha value is -1.07. The highest BCUT2D eigenvalue weighted by Gasteiger charge is 2.21. The SMILES string of the molecule is CCCC(Oc1c(Br)cccc1CNCC(C)C)C(=O)O. The summed E-state index contributed by atoms with van der Waals surface area (Å²) in [6, 6.07) is 5.75. The van der Waals surface area contributed by atoms with Crippen molar-refractivity contribution in [2.24, 2.45) is 5.92 Å². The Morgan fingerprint density at radius 3 is 2.71 bits per heavy atom. The predicted molar refractivity (Wildman–Crippen MR) is 87.6 cm³/mol. The van der Waals surface area contributed by atoms with Crippen LogP contribution in [0.2, 0.25) is 0 Å². The highest BCUT2D eigenvalue weighted by Crippen LogP contribution is 2.30. The van der Waals surface area contributed by atoms with Crippen LogP contribution in [0.25, 0.3) is 0 Å². The average Bonchev–Trinajstić information content (AvgIpc) is 2.40. The van der Waals surface area contributed by atoms with Gasteiger partial charge >= 0.3 is 5.97 Å². The zero-order valence-corrected chi connectivity index (χ0v) is 14.4. The van der Waals surface area contributed by atoms with E-state index in [0.717, 1.165) is 23.0 Å². The number of ether oxygens (including phenoxy) is 1. The normalized spacial score (nSPS) is 12.4. The van der Waals surface area contributed by atoms with Crippen LogP contribution in [0.4, 0.5) is 0 Å². The fourth-order valence-corrected chi connectivity index (χ4v) is 2.46. The number of carboxylic acid groups (broad SMARTS) is 1. The van der Waals surface area contributed by atoms with Gasteiger partial charge in [0.25, 0.3) is 0 Å². The van der Waals surface area contributed by atoms with Crippen LogP contribution in [-0.4, -0.2) is 23.7 Å². The Kier molecular flexibility index (Phi) is 7.75. The molecule has 1 atom stereocenters. The molecule has 0 aliphatic heterocycles. The standard InChI is InChI=1S/C16H24BrNO3/c1-4-6-14(16(19)20)21-15-12(7-5-8-13(15)17)10-18-9-11(2)3/h5,7-8,11,14,18H,4,6,9-10H2,1-3H3,(H,19,20). The van der Waals surface area contributed by atoms with Gasteiger partial charge in [-0.1, -0.05) is 39.3 Å². The smallest absolute Gasteiger partial charge is 0.344 e. The number of nitrogens with one attached hydrogen (secondary N) is 1. The number of aliphatic carboxylic acids is 1. The second kappa shape index (κ2) is 9.05. The lowest BCUT2D eigenvalue weighted by Gasteiger charge is -2.19. The third-order valence-corrected chi connectivity index (χ3v) is 3.63. The van der Waals surface area contributed by atoms with Crippen molar-refractivity contribution in [3.05, 3.63) is 28.2 Å². The summed E-state index contributed by atoms with van der Waals surface area (Å²) in [5, 5.41) is 12.6. The average molecular weight is 358 g/mol. The fraction of sp³-hybridized carbons (Fsp3) is 0.562. The second-order valence-corrected chi connectivity index (χ2v) is 6.34. The van der Waals surface area contributed by atoms with Crippen LogP contribution >= 0.6 is 15.9 Å². The second-order valence-electron chi connectivity index (χ2n) is 5.49. The number of hydrogen-bond donors (Lipinski definition) is 2. The molecule has 0 amide bonds. The summed E-state index contributed by atoms with van der Waals surface area (Å²) in [6.07, 6.45) is 0.454. The van der Waals surface area contributed by atoms with Crippen LogP contribution in [0.3, 0.4) is 0 Å². The fourth-order valence-electron chi connectivity index (χ4n) is 1.96. The molecular formula is C16H24BrNO3. The molecule has 0 aliphatic carbocycles. The number of carboxylic acids is 1. The van der Waals surface area contributed by atoms with Gasteiger partial charge in [0.15, 0.2) is 6.10 Å². The van der Waals surface area contributed by atoms with Gasteiger partial charge in [-0.25, -0.2) is 4.79 Å². The van der Waals surface area contributed by atoms with Crippen molar-refractivity contribution in [2.45, 2.75) is 46.3 Å². The lowest BCUT2D eigenvalue weighted by atomic mass is 10.1. The van der Waals surface area contributed by atoms with Gasteiger partial charge < -0.3 is 15.2 Å². The highest BCUT2D eigenvalue weighted by molar-refractivity contribution is 9.10. The molecule has 0 heterocycles. The first-order chi connectivity index (χ1) is 9.95. The molecule has 1 rings (SSSR count). The maximum atomic E-state index is 11.3. The van der Waals surface area contributed by atoms with E-state index >= 15 is 0 Å². The number of halogens is 1. The van der Waals surface area contributed by atoms with Gasteiger partial charge in [0.2, 0.25) is 0 Å². The minimum absolute atomic E-state index is 0.496. The molecule has 21 heavy (non-hydrogen) atoms. The van der Waals surface area contributed by atoms with Crippen LogP contribution in [0.15, 0.2) is 22.7 Å². The molecule has 0 saturated carbocycles. The van der Waals surface area contributed by atoms with Gasteiger partial charge in [-0.05, 0) is 40.9 Å². The first-order valence-electron chi connectivity index (χ1n) is 7.33. The van der Waals surface area contributed by atoms with Crippen molar-refractivity contribution >= 4 is 21.9 Å². The van der Waals surface area contributed by atoms with Gasteiger partial charge in [-0.3, -0.25) is 0 Å². The molecule has 0 bridgehead atoms. The lowest BCUT2D eigenvalue weighted by Crippen LogP contribution is -2.28. The Bertz CT molecular complexity index is 463. The maximum Gasteiger partial charge on any atom is 0.344 e. The minimum Gasteiger partial charge on any atom is -0.479 e. The number of carbonyl (C=O) groups is 1. The summed E-state index contributed by atoms with van der Waals surface area (Å²) in [5.41, 5.74) is 0.965. The van der Waals surface area contributed by atoms with Crippen LogP contribution in [0, 0.1) is 5.92 Å². The maximum absolute atomic E-state index is 11.3. The Balaban J connectivity index is 2.85. The van der Waals surface area contributed by atoms with E-state index in [1.54, 1.807) is 0 Å². The number of rotatable bonds is 9. The first kappa shape index (κ1) is 18.0. The van der Waals surface area contributed by atoms with E-state index in [1.165, 1.54) is 0 Å². The molecule has 0 fully saturated rings. The van der Waals surface area contributed by atoms with E-state index in [-0.39, 0.29) is 0 Å². The monoisotopic (exact) mass is 357 g/mol. The molecule has 0 aliphatic rings. The quantitative estimate of drug-likeness (QED) is 0.705. The zero-order chi connectivity index (χ0) is 15.8. The molecule has 0 saturated heterocycles. The summed E-state index contributed by atoms with van der Waals surface area (Å²) < 4.78 is 6.54. The van der Waals surface area contributed by atoms with Crippen molar-refractivity contribution in [3.63, 3.8) is 0 Å². The van der Waals surface area contributed by atoms with E-state index < -0.39 is 12.1 Å². The molecule has 0 aromatic heterocycles. The highest BCUT2D eigenvalue weighted by atomic mass is 79.9. The van der Waals surface area contributed by atoms with Crippen molar-refractivity contribution in [3.8, 4) is 5.75 Å². The molecule has 1 aromatic carbocycles. The summed E-state index contributed by atoms with van der Waals surface area (Å²) >= 11 is 3.45. The Morgan fingerprint density at radius 1 is 1.43 bits per heavy atom. The van der Waals surface area contributed by atoms with E-state index in [0.29, 0.717) is 24.6 Å². The third kappa shape index (κ3) is 6.06. The van der Waals surface area contributed by atoms with Crippen molar-refractivity contribution in [1.29, 1.82) is 0 Å². The zero-order valence-electron chi connectivity index (χ0n) is 12.9. The number of hydrogen-bond acceptors (Lipinski definition) is 3. The molecule has 0 spiro atoms. The Labute approximate surface area is 135 Å². The molecule has 1 aromatic rings. The summed E-state index contributed by atoms with van der Waals surface area (Å²) in [5.74, 6) is 0.261. The largest absolute Gasteiger partial charge is 0.479 e. The number of benzene rings is 1. The van der Waals surface area contributed by atoms with Crippen molar-refractivity contribution < 1.29 is 14.6 Å². The van der Waals surface area contributed by atoms with Gasteiger partial charge in [-0.15, -0.1) is 0 Å². The molecule has 4 nitrogen and oxygen atoms in total. The molecule has 2 N–H and O–H groups in total. The molecule has 0 radical (unpaired) electrons. The number of para-hydroxylation sites is 1. The third-order valence-electron chi connectivity index (χ3n) is 3.00. The topological polar surface area (TPSA) is 58.6 Å². The molecular weight excluding hydrogens is 334 g/mol. The van der Waals surface area contributed by atoms with Crippen LogP contribution in [0.1, 0.15) is 39.2 Å². The van der Waals surface area contributed by atoms with E-state index in [2.05, 4.69) is 35.1 Å². The van der Waals surface area contributed by atoms with E-state index in [9.17, 15) is 9.90 Å². The molecule has 5 heteroatoms. The first-order valence-corrected chi connectivity index (χ1v) is 8.12. The Morgan fingerprint density at radius 2 is 2.14 bits per heavy atom. The molecule has 118 valence electrons. The molecule has 1 unspecified atom stereocenters. The summed E-state index contributed by atoms with van der Waals surface area (Å²) in [7, 11) is 0. The van der Waals surface area contributed by atoms with Crippen LogP contribution < -0.4 is 10.1 Å². The van der Waals surface area contributed by atoms with E-state index in [4.69, 9.17) is 4.74 Å². The lowest BCUT2D eigenvalue weighted by molar-refractivity contribution is -0.145. The van der Waals surface area contributed by atoms with Gasteiger partial charge in [0.05, 0.1) is 4.47 Å². The van der Waals surface area contributed by atoms with Crippen LogP contribution in [-0.2, 0) is 11.3 Å². The summed E-state index contributed by atoms with van der Waals surface area (Å²) in [6.45, 7) is 7.80. The minimum atomic E-state index is -0.923. The van der Waals surface area contributed by atoms with Gasteiger partial charge in [0, 0.05) is 12.1 Å². The van der Waals surface area contributed by atoms with Gasteiger partial charge in [-0.2, -0.15) is 0 Å². The van der Waals surface area contributed by atoms with Gasteiger partial charge in [0.1, 0.15) is 5.75 Å². The van der Waals surface area contributed by atoms with Crippen LogP contribution in [0.5, 0.6) is 5.75 Å².